The molecule has 0 aliphatic carbocycles. The molecule has 15 N–H and O–H groups in total. The average Bonchev–Trinajstić information content (AvgIpc) is 1.68. The third-order valence-corrected chi connectivity index (χ3v) is 19.0. The topological polar surface area (TPSA) is 300 Å². The van der Waals surface area contributed by atoms with E-state index in [1.807, 2.05) is 237 Å². The molecule has 0 spiro atoms. The molecule has 12 aromatic rings. The standard InChI is InChI=1S/C85H88N12O6/c86-49-19-16-34-73(92-76(98)52-67-64-28-10-13-31-70(64)95-80(67)58-22-4-1-5-23-58)83(101)89-61-43-37-55(38-44-61)79(56-39-45-62(46-40-56)90-84(102)74(35-17-20-50-87)93-77(99)53-68-65-29-11-14-32-71(65)96-81(68)59-24-6-2-7-25-59)57-41-47-63(48-42-57)91-85(103)75(36-18-21-51-88)94-78(100)54-69-66-30-12-15-33-72(66)97-82(69)60-26-8-3-9-27-60/h1-15,22-33,37-48,73-75,79,95-97H,16-21,34-36,49-54,86-88H2,(H,89,101)(H,90,102)(H,91,103)(H,92,98)(H,93,99)(H,94,100)/t73-,74-,75-/m0/s1. The van der Waals surface area contributed by atoms with Crippen molar-refractivity contribution in [3.63, 3.8) is 0 Å². The number of amides is 6. The maximum atomic E-state index is 14.4. The molecule has 0 saturated carbocycles. The number of para-hydroxylation sites is 3. The number of rotatable bonds is 33. The molecule has 6 amide bonds. The molecule has 12 rings (SSSR count). The third-order valence-electron chi connectivity index (χ3n) is 19.0. The van der Waals surface area contributed by atoms with E-state index in [9.17, 15) is 28.8 Å². The van der Waals surface area contributed by atoms with Crippen LogP contribution >= 0.6 is 0 Å². The van der Waals surface area contributed by atoms with Gasteiger partial charge in [-0.05, 0) is 182 Å². The molecule has 0 aliphatic rings. The van der Waals surface area contributed by atoms with E-state index in [2.05, 4.69) is 46.9 Å². The zero-order valence-corrected chi connectivity index (χ0v) is 57.6. The smallest absolute Gasteiger partial charge is 0.246 e. The fourth-order valence-corrected chi connectivity index (χ4v) is 13.7. The molecule has 0 radical (unpaired) electrons. The van der Waals surface area contributed by atoms with Crippen molar-refractivity contribution in [1.82, 2.24) is 30.9 Å². The van der Waals surface area contributed by atoms with Crippen molar-refractivity contribution in [2.24, 2.45) is 17.2 Å². The van der Waals surface area contributed by atoms with Crippen LogP contribution in [-0.4, -0.2) is 88.2 Å². The summed E-state index contributed by atoms with van der Waals surface area (Å²) in [5.41, 5.74) is 32.5. The number of unbranched alkanes of at least 4 members (excludes halogenated alkanes) is 3. The van der Waals surface area contributed by atoms with Crippen LogP contribution in [0.2, 0.25) is 0 Å². The minimum atomic E-state index is -0.860. The van der Waals surface area contributed by atoms with Crippen molar-refractivity contribution in [1.29, 1.82) is 0 Å². The van der Waals surface area contributed by atoms with Crippen LogP contribution in [-0.2, 0) is 48.0 Å². The van der Waals surface area contributed by atoms with Gasteiger partial charge in [0.2, 0.25) is 35.4 Å². The van der Waals surface area contributed by atoms with Gasteiger partial charge in [0.15, 0.2) is 0 Å². The number of H-pyrrole nitrogens is 3. The molecule has 103 heavy (non-hydrogen) atoms. The third kappa shape index (κ3) is 17.9. The fourth-order valence-electron chi connectivity index (χ4n) is 13.7. The van der Waals surface area contributed by atoms with E-state index < -0.39 is 24.0 Å². The number of nitrogens with one attached hydrogen (secondary N) is 9. The highest BCUT2D eigenvalue weighted by molar-refractivity contribution is 6.03. The largest absolute Gasteiger partial charge is 0.354 e. The number of carbonyl (C=O) groups is 6. The molecule has 3 atom stereocenters. The Kier molecular flexibility index (Phi) is 23.9. The number of carbonyl (C=O) groups excluding carboxylic acids is 6. The number of hydrogen-bond acceptors (Lipinski definition) is 9. The van der Waals surface area contributed by atoms with Crippen molar-refractivity contribution < 1.29 is 28.8 Å². The summed E-state index contributed by atoms with van der Waals surface area (Å²) in [6, 6.07) is 73.3. The lowest BCUT2D eigenvalue weighted by atomic mass is 9.85. The molecule has 524 valence electrons. The lowest BCUT2D eigenvalue weighted by Crippen LogP contribution is -2.44. The van der Waals surface area contributed by atoms with E-state index in [4.69, 9.17) is 17.2 Å². The van der Waals surface area contributed by atoms with E-state index >= 15 is 0 Å². The summed E-state index contributed by atoms with van der Waals surface area (Å²) in [6.07, 6.45) is 5.12. The Bertz CT molecular complexity index is 4370. The zero-order valence-electron chi connectivity index (χ0n) is 57.6. The van der Waals surface area contributed by atoms with E-state index in [-0.39, 0.29) is 54.7 Å². The summed E-state index contributed by atoms with van der Waals surface area (Å²) in [5, 5.41) is 21.2. The highest BCUT2D eigenvalue weighted by atomic mass is 16.2. The molecule has 0 unspecified atom stereocenters. The van der Waals surface area contributed by atoms with Crippen LogP contribution in [0.25, 0.3) is 66.5 Å². The van der Waals surface area contributed by atoms with Crippen LogP contribution in [0, 0.1) is 0 Å². The first-order chi connectivity index (χ1) is 50.4. The molecule has 0 fully saturated rings. The van der Waals surface area contributed by atoms with Crippen molar-refractivity contribution in [2.75, 3.05) is 35.6 Å². The predicted molar refractivity (Wildman–Crippen MR) is 413 cm³/mol. The zero-order chi connectivity index (χ0) is 71.4. The van der Waals surface area contributed by atoms with E-state index in [0.717, 1.165) is 99.9 Å². The maximum Gasteiger partial charge on any atom is 0.246 e. The monoisotopic (exact) mass is 1370 g/mol. The molecule has 0 aliphatic heterocycles. The molecule has 3 aromatic heterocycles. The Morgan fingerprint density at radius 3 is 0.816 bits per heavy atom. The first kappa shape index (κ1) is 71.1. The molecule has 18 nitrogen and oxygen atoms in total. The van der Waals surface area contributed by atoms with Crippen LogP contribution in [0.3, 0.4) is 0 Å². The molecule has 0 bridgehead atoms. The van der Waals surface area contributed by atoms with Gasteiger partial charge in [-0.15, -0.1) is 0 Å². The second-order valence-electron chi connectivity index (χ2n) is 26.2. The van der Waals surface area contributed by atoms with Gasteiger partial charge < -0.3 is 64.1 Å². The van der Waals surface area contributed by atoms with Crippen LogP contribution in [0.4, 0.5) is 17.1 Å². The van der Waals surface area contributed by atoms with Gasteiger partial charge >= 0.3 is 0 Å². The minimum Gasteiger partial charge on any atom is -0.354 e. The number of fused-ring (bicyclic) bond motifs is 3. The number of hydrogen-bond donors (Lipinski definition) is 12. The Morgan fingerprint density at radius 1 is 0.301 bits per heavy atom. The molecule has 0 saturated heterocycles. The first-order valence-corrected chi connectivity index (χ1v) is 35.6. The Labute approximate surface area is 599 Å². The maximum absolute atomic E-state index is 14.4. The van der Waals surface area contributed by atoms with Gasteiger partial charge in [-0.1, -0.05) is 182 Å². The number of anilines is 3. The quantitative estimate of drug-likeness (QED) is 0.0137. The van der Waals surface area contributed by atoms with E-state index in [0.29, 0.717) is 94.5 Å². The summed E-state index contributed by atoms with van der Waals surface area (Å²) in [6.45, 7) is 1.32. The van der Waals surface area contributed by atoms with Crippen LogP contribution in [0.15, 0.2) is 237 Å². The normalized spacial score (nSPS) is 12.2. The van der Waals surface area contributed by atoms with Crippen molar-refractivity contribution in [3.8, 4) is 33.8 Å². The molecule has 9 aromatic carbocycles. The Morgan fingerprint density at radius 2 is 0.553 bits per heavy atom. The predicted octanol–water partition coefficient (Wildman–Crippen LogP) is 13.7. The first-order valence-electron chi connectivity index (χ1n) is 35.6. The number of nitrogens with two attached hydrogens (primary N) is 3. The summed E-state index contributed by atoms with van der Waals surface area (Å²) in [4.78, 5) is 96.2. The van der Waals surface area contributed by atoms with Gasteiger partial charge in [0, 0.05) is 55.7 Å². The summed E-state index contributed by atoms with van der Waals surface area (Å²) in [5.74, 6) is -2.41. The van der Waals surface area contributed by atoms with Gasteiger partial charge in [-0.3, -0.25) is 28.8 Å². The Hall–Kier alpha value is -11.7. The molecule has 3 heterocycles. The highest BCUT2D eigenvalue weighted by Gasteiger charge is 2.28. The lowest BCUT2D eigenvalue weighted by Gasteiger charge is -2.22. The van der Waals surface area contributed by atoms with Crippen LogP contribution in [0.5, 0.6) is 0 Å². The second kappa shape index (κ2) is 34.6. The molecular formula is C85H88N12O6. The fraction of sp³-hybridized carbons (Fsp3) is 0.224. The van der Waals surface area contributed by atoms with E-state index in [1.165, 1.54) is 0 Å². The number of benzene rings is 9. The highest BCUT2D eigenvalue weighted by Crippen LogP contribution is 2.37. The molecular weight excluding hydrogens is 1290 g/mol. The molecule has 18 heteroatoms. The minimum absolute atomic E-state index is 0.0426. The van der Waals surface area contributed by atoms with Crippen molar-refractivity contribution in [3.05, 3.63) is 270 Å². The van der Waals surface area contributed by atoms with Gasteiger partial charge in [-0.25, -0.2) is 0 Å². The summed E-state index contributed by atoms with van der Waals surface area (Å²) >= 11 is 0. The number of aromatic amines is 3. The van der Waals surface area contributed by atoms with Gasteiger partial charge in [0.05, 0.1) is 36.3 Å². The summed E-state index contributed by atoms with van der Waals surface area (Å²) < 4.78 is 0. The second-order valence-corrected chi connectivity index (χ2v) is 26.2. The number of aromatic nitrogens is 3. The lowest BCUT2D eigenvalue weighted by molar-refractivity contribution is -0.126. The van der Waals surface area contributed by atoms with Gasteiger partial charge in [0.1, 0.15) is 18.1 Å². The van der Waals surface area contributed by atoms with E-state index in [1.54, 1.807) is 0 Å². The summed E-state index contributed by atoms with van der Waals surface area (Å²) in [7, 11) is 0. The van der Waals surface area contributed by atoms with Crippen LogP contribution < -0.4 is 49.1 Å². The van der Waals surface area contributed by atoms with Gasteiger partial charge in [-0.2, -0.15) is 0 Å². The van der Waals surface area contributed by atoms with Crippen molar-refractivity contribution >= 4 is 85.2 Å². The average molecular weight is 1370 g/mol. The van der Waals surface area contributed by atoms with Crippen LogP contribution in [0.1, 0.15) is 97.1 Å². The van der Waals surface area contributed by atoms with Crippen molar-refractivity contribution in [2.45, 2.75) is 101 Å². The van der Waals surface area contributed by atoms with Gasteiger partial charge in [0.25, 0.3) is 0 Å². The SMILES string of the molecule is NCCCC[C@H](NC(=O)Cc1c(-c2ccccc2)[nH]c2ccccc12)C(=O)Nc1ccc(C(c2ccc(NC(=O)[C@H](CCCCN)NC(=O)Cc3c(-c4ccccc4)[nH]c4ccccc34)cc2)c2ccc(NC(=O)[C@H](CCCCN)NC(=O)Cc3c(-c4ccccc4)[nH]c4ccccc34)cc2)cc1. The Balaban J connectivity index is 0.784.